The van der Waals surface area contributed by atoms with Crippen LogP contribution >= 0.6 is 0 Å². The summed E-state index contributed by atoms with van der Waals surface area (Å²) in [6, 6.07) is 13.3. The zero-order valence-electron chi connectivity index (χ0n) is 19.1. The van der Waals surface area contributed by atoms with Crippen molar-refractivity contribution in [3.05, 3.63) is 64.3 Å². The zero-order chi connectivity index (χ0) is 23.8. The van der Waals surface area contributed by atoms with Crippen molar-refractivity contribution in [1.82, 2.24) is 9.88 Å². The number of hydrogen-bond acceptors (Lipinski definition) is 5. The second kappa shape index (κ2) is 8.55. The van der Waals surface area contributed by atoms with Gasteiger partial charge in [0.25, 0.3) is 5.91 Å². The maximum absolute atomic E-state index is 13.5. The zero-order valence-corrected chi connectivity index (χ0v) is 19.1. The minimum atomic E-state index is -0.471. The molecule has 2 aromatic carbocycles. The molecule has 1 amide bonds. The molecule has 4 rings (SSSR count). The molecule has 1 aliphatic carbocycles. The first-order valence-corrected chi connectivity index (χ1v) is 10.8. The molecule has 1 heterocycles. The number of carbonyl (C=O) groups is 2. The monoisotopic (exact) mass is 442 g/mol. The van der Waals surface area contributed by atoms with E-state index in [4.69, 9.17) is 10.00 Å². The molecule has 0 fully saturated rings. The van der Waals surface area contributed by atoms with E-state index in [1.165, 1.54) is 4.90 Å². The fourth-order valence-corrected chi connectivity index (χ4v) is 4.37. The topological polar surface area (TPSA) is 98.5 Å². The van der Waals surface area contributed by atoms with Gasteiger partial charge in [-0.2, -0.15) is 5.26 Å². The molecular weight excluding hydrogens is 416 g/mol. The van der Waals surface area contributed by atoms with Gasteiger partial charge in [0.05, 0.1) is 24.6 Å². The molecule has 7 nitrogen and oxygen atoms in total. The standard InChI is InChI=1S/C26H26N4O3/c1-26(2)20-13-17(33-15-22(31)30(4)11-5-10-27)7-9-18(20)24(32)23-19-8-6-16(14-28-3)12-21(19)29-25(23)26/h6-9,12-13,29H,3,5,11,14-15H2,1-2,4H3. The van der Waals surface area contributed by atoms with Crippen LogP contribution in [-0.4, -0.2) is 48.5 Å². The summed E-state index contributed by atoms with van der Waals surface area (Å²) >= 11 is 0. The molecule has 0 saturated carbocycles. The van der Waals surface area contributed by atoms with Crippen molar-refractivity contribution in [3.8, 4) is 11.8 Å². The van der Waals surface area contributed by atoms with Crippen molar-refractivity contribution in [1.29, 1.82) is 5.26 Å². The van der Waals surface area contributed by atoms with Crippen LogP contribution in [0, 0.1) is 11.3 Å². The third kappa shape index (κ3) is 3.89. The number of likely N-dealkylation sites (N-methyl/N-ethyl adjacent to an activating group) is 1. The van der Waals surface area contributed by atoms with E-state index in [1.54, 1.807) is 19.2 Å². The summed E-state index contributed by atoms with van der Waals surface area (Å²) in [5.74, 6) is 0.288. The molecule has 0 atom stereocenters. The summed E-state index contributed by atoms with van der Waals surface area (Å²) in [5, 5.41) is 9.58. The molecular formula is C26H26N4O3. The van der Waals surface area contributed by atoms with Crippen molar-refractivity contribution in [2.24, 2.45) is 4.99 Å². The normalized spacial score (nSPS) is 13.7. The first-order chi connectivity index (χ1) is 15.8. The Bertz CT molecular complexity index is 1310. The first-order valence-electron chi connectivity index (χ1n) is 10.8. The molecule has 0 aliphatic heterocycles. The number of aromatic nitrogens is 1. The first kappa shape index (κ1) is 22.3. The van der Waals surface area contributed by atoms with Crippen LogP contribution < -0.4 is 4.74 Å². The van der Waals surface area contributed by atoms with Gasteiger partial charge in [-0.25, -0.2) is 0 Å². The van der Waals surface area contributed by atoms with E-state index in [2.05, 4.69) is 30.5 Å². The average molecular weight is 443 g/mol. The van der Waals surface area contributed by atoms with Gasteiger partial charge in [0.2, 0.25) is 0 Å². The number of ether oxygens (including phenoxy) is 1. The quantitative estimate of drug-likeness (QED) is 0.559. The minimum absolute atomic E-state index is 0.0287. The van der Waals surface area contributed by atoms with E-state index < -0.39 is 5.41 Å². The number of amides is 1. The summed E-state index contributed by atoms with van der Waals surface area (Å²) in [6.45, 7) is 8.45. The number of nitriles is 1. The van der Waals surface area contributed by atoms with Crippen molar-refractivity contribution >= 4 is 29.3 Å². The van der Waals surface area contributed by atoms with Crippen LogP contribution in [0.5, 0.6) is 5.75 Å². The fraction of sp³-hybridized carbons (Fsp3) is 0.308. The van der Waals surface area contributed by atoms with Gasteiger partial charge in [-0.05, 0) is 42.1 Å². The van der Waals surface area contributed by atoms with Gasteiger partial charge in [0, 0.05) is 41.2 Å². The van der Waals surface area contributed by atoms with Crippen molar-refractivity contribution in [2.45, 2.75) is 32.2 Å². The summed E-state index contributed by atoms with van der Waals surface area (Å²) < 4.78 is 5.74. The number of nitrogens with zero attached hydrogens (tertiary/aromatic N) is 3. The van der Waals surface area contributed by atoms with Crippen LogP contribution in [-0.2, 0) is 16.8 Å². The van der Waals surface area contributed by atoms with E-state index in [9.17, 15) is 9.59 Å². The molecule has 0 bridgehead atoms. The second-order valence-corrected chi connectivity index (χ2v) is 8.81. The summed E-state index contributed by atoms with van der Waals surface area (Å²) in [5.41, 5.74) is 4.50. The number of hydrogen-bond donors (Lipinski definition) is 1. The molecule has 1 aliphatic rings. The highest BCUT2D eigenvalue weighted by Gasteiger charge is 2.39. The third-order valence-corrected chi connectivity index (χ3v) is 6.27. The van der Waals surface area contributed by atoms with Crippen LogP contribution in [0.2, 0.25) is 0 Å². The number of rotatable bonds is 7. The van der Waals surface area contributed by atoms with Gasteiger partial charge < -0.3 is 14.6 Å². The Morgan fingerprint density at radius 1 is 1.27 bits per heavy atom. The Balaban J connectivity index is 1.66. The molecule has 1 aromatic heterocycles. The predicted octanol–water partition coefficient (Wildman–Crippen LogP) is 3.99. The van der Waals surface area contributed by atoms with Crippen molar-refractivity contribution in [3.63, 3.8) is 0 Å². The van der Waals surface area contributed by atoms with Crippen molar-refractivity contribution in [2.75, 3.05) is 20.2 Å². The lowest BCUT2D eigenvalue weighted by molar-refractivity contribution is -0.131. The van der Waals surface area contributed by atoms with Crippen molar-refractivity contribution < 1.29 is 14.3 Å². The van der Waals surface area contributed by atoms with E-state index in [-0.39, 0.29) is 24.7 Å². The molecule has 33 heavy (non-hydrogen) atoms. The number of aromatic amines is 1. The molecule has 3 aromatic rings. The summed E-state index contributed by atoms with van der Waals surface area (Å²) in [7, 11) is 1.64. The smallest absolute Gasteiger partial charge is 0.260 e. The van der Waals surface area contributed by atoms with E-state index in [0.717, 1.165) is 27.7 Å². The van der Waals surface area contributed by atoms with Gasteiger partial charge in [-0.15, -0.1) is 0 Å². The lowest BCUT2D eigenvalue weighted by Gasteiger charge is -2.32. The van der Waals surface area contributed by atoms with Gasteiger partial charge in [0.15, 0.2) is 12.4 Å². The Morgan fingerprint density at radius 3 is 2.79 bits per heavy atom. The van der Waals surface area contributed by atoms with E-state index >= 15 is 0 Å². The molecule has 0 saturated heterocycles. The number of benzene rings is 2. The Labute approximate surface area is 192 Å². The molecule has 0 unspecified atom stereocenters. The fourth-order valence-electron chi connectivity index (χ4n) is 4.37. The summed E-state index contributed by atoms with van der Waals surface area (Å²) in [4.78, 5) is 34.6. The summed E-state index contributed by atoms with van der Waals surface area (Å²) in [6.07, 6.45) is 0.274. The predicted molar refractivity (Wildman–Crippen MR) is 127 cm³/mol. The van der Waals surface area contributed by atoms with Gasteiger partial charge >= 0.3 is 0 Å². The maximum Gasteiger partial charge on any atom is 0.260 e. The lowest BCUT2D eigenvalue weighted by Crippen LogP contribution is -2.32. The number of ketones is 1. The molecule has 0 spiro atoms. The van der Waals surface area contributed by atoms with Crippen LogP contribution in [0.4, 0.5) is 0 Å². The minimum Gasteiger partial charge on any atom is -0.484 e. The van der Waals surface area contributed by atoms with E-state index in [1.807, 2.05) is 30.3 Å². The van der Waals surface area contributed by atoms with Crippen LogP contribution in [0.3, 0.4) is 0 Å². The van der Waals surface area contributed by atoms with Crippen LogP contribution in [0.25, 0.3) is 10.9 Å². The molecule has 7 heteroatoms. The highest BCUT2D eigenvalue weighted by atomic mass is 16.5. The Morgan fingerprint density at radius 2 is 2.06 bits per heavy atom. The SMILES string of the molecule is C=NCc1ccc2c3c([nH]c2c1)C(C)(C)c1cc(OCC(=O)N(C)CCC#N)ccc1C3=O. The van der Waals surface area contributed by atoms with E-state index in [0.29, 0.717) is 30.0 Å². The highest BCUT2D eigenvalue weighted by molar-refractivity contribution is 6.20. The van der Waals surface area contributed by atoms with Gasteiger partial charge in [0.1, 0.15) is 5.75 Å². The third-order valence-electron chi connectivity index (χ3n) is 6.27. The molecule has 0 radical (unpaired) electrons. The second-order valence-electron chi connectivity index (χ2n) is 8.81. The molecule has 168 valence electrons. The number of carbonyl (C=O) groups excluding carboxylic acids is 2. The lowest BCUT2D eigenvalue weighted by atomic mass is 9.71. The number of fused-ring (bicyclic) bond motifs is 4. The van der Waals surface area contributed by atoms with Gasteiger partial charge in [-0.1, -0.05) is 26.0 Å². The average Bonchev–Trinajstić information content (AvgIpc) is 3.20. The largest absolute Gasteiger partial charge is 0.484 e. The van der Waals surface area contributed by atoms with Gasteiger partial charge in [-0.3, -0.25) is 14.6 Å². The number of H-pyrrole nitrogens is 1. The highest BCUT2D eigenvalue weighted by Crippen LogP contribution is 2.44. The number of nitrogens with one attached hydrogen (secondary N) is 1. The van der Waals surface area contributed by atoms with Crippen LogP contribution in [0.1, 0.15) is 53.0 Å². The maximum atomic E-state index is 13.5. The number of aliphatic imine (C=N–C) groups is 1. The Kier molecular flexibility index (Phi) is 5.77. The molecule has 1 N–H and O–H groups in total. The van der Waals surface area contributed by atoms with Crippen LogP contribution in [0.15, 0.2) is 41.4 Å². The Hall–Kier alpha value is -3.92.